The number of thioether (sulfide) groups is 2. The lowest BCUT2D eigenvalue weighted by Gasteiger charge is -2.21. The lowest BCUT2D eigenvalue weighted by Crippen LogP contribution is -2.32. The third kappa shape index (κ3) is 12.2. The highest BCUT2D eigenvalue weighted by molar-refractivity contribution is 8.47. The second-order valence-corrected chi connectivity index (χ2v) is 12.1. The highest BCUT2D eigenvalue weighted by atomic mass is 32.2. The van der Waals surface area contributed by atoms with Crippen LogP contribution in [0.15, 0.2) is 0 Å². The van der Waals surface area contributed by atoms with E-state index in [-0.39, 0.29) is 25.7 Å². The molecule has 2 amide bonds. The van der Waals surface area contributed by atoms with Crippen LogP contribution in [0.1, 0.15) is 104 Å². The molecule has 32 heavy (non-hydrogen) atoms. The van der Waals surface area contributed by atoms with E-state index in [9.17, 15) is 19.6 Å². The summed E-state index contributed by atoms with van der Waals surface area (Å²) in [5.74, 6) is -0.777. The number of nitrogens with zero attached hydrogens (tertiary/aromatic N) is 2. The van der Waals surface area contributed by atoms with Gasteiger partial charge in [0.05, 0.1) is 12.5 Å². The van der Waals surface area contributed by atoms with E-state index in [1.165, 1.54) is 69.5 Å². The predicted molar refractivity (Wildman–Crippen MR) is 135 cm³/mol. The molecular weight excluding hydrogens is 464 g/mol. The molecule has 1 saturated heterocycles. The number of hydroxylamine groups is 2. The molecular formula is C23H36N2O4S3. The van der Waals surface area contributed by atoms with Gasteiger partial charge in [-0.15, -0.1) is 16.8 Å². The molecule has 0 bridgehead atoms. The van der Waals surface area contributed by atoms with Gasteiger partial charge >= 0.3 is 5.97 Å². The molecule has 9 heteroatoms. The molecule has 0 aliphatic carbocycles. The fourth-order valence-corrected chi connectivity index (χ4v) is 6.21. The number of amides is 2. The number of hydrogen-bond acceptors (Lipinski definition) is 8. The summed E-state index contributed by atoms with van der Waals surface area (Å²) in [7, 11) is 0. The zero-order chi connectivity index (χ0) is 23.8. The Kier molecular flexibility index (Phi) is 14.9. The van der Waals surface area contributed by atoms with Crippen LogP contribution in [0.25, 0.3) is 0 Å². The number of carbonyl (C=O) groups excluding carboxylic acids is 3. The average molecular weight is 501 g/mol. The van der Waals surface area contributed by atoms with Crippen molar-refractivity contribution in [2.75, 3.05) is 5.75 Å². The summed E-state index contributed by atoms with van der Waals surface area (Å²) in [6.07, 6.45) is 13.2. The zero-order valence-electron chi connectivity index (χ0n) is 19.4. The van der Waals surface area contributed by atoms with Gasteiger partial charge in [0.2, 0.25) is 0 Å². The molecule has 1 aliphatic rings. The van der Waals surface area contributed by atoms with E-state index in [0.29, 0.717) is 8.59 Å². The van der Waals surface area contributed by atoms with E-state index in [1.54, 1.807) is 18.7 Å². The van der Waals surface area contributed by atoms with Gasteiger partial charge in [0.25, 0.3) is 11.8 Å². The maximum Gasteiger partial charge on any atom is 0.333 e. The minimum absolute atomic E-state index is 0.0580. The summed E-state index contributed by atoms with van der Waals surface area (Å²) < 4.78 is -0.164. The monoisotopic (exact) mass is 500 g/mol. The molecule has 1 heterocycles. The predicted octanol–water partition coefficient (Wildman–Crippen LogP) is 6.33. The Morgan fingerprint density at radius 2 is 1.59 bits per heavy atom. The highest BCUT2D eigenvalue weighted by Gasteiger charge is 2.34. The molecule has 0 aromatic heterocycles. The Balaban J connectivity index is 2.16. The number of unbranched alkanes of at least 4 members (excludes halogenated alkanes) is 9. The highest BCUT2D eigenvalue weighted by Crippen LogP contribution is 2.35. The van der Waals surface area contributed by atoms with Gasteiger partial charge in [0.1, 0.15) is 8.28 Å². The van der Waals surface area contributed by atoms with E-state index in [1.807, 2.05) is 0 Å². The molecule has 6 nitrogen and oxygen atoms in total. The van der Waals surface area contributed by atoms with Crippen LogP contribution in [0, 0.1) is 11.3 Å². The SMILES string of the molecule is CCCCCCCCCCCCSC(=S)SC(C)(C#N)CCC(=O)ON1C(=O)CCC1=O. The smallest absolute Gasteiger partial charge is 0.330 e. The first-order valence-electron chi connectivity index (χ1n) is 11.6. The van der Waals surface area contributed by atoms with Crippen molar-refractivity contribution in [3.63, 3.8) is 0 Å². The topological polar surface area (TPSA) is 87.5 Å². The molecule has 0 spiro atoms. The van der Waals surface area contributed by atoms with Crippen molar-refractivity contribution in [2.24, 2.45) is 0 Å². The molecule has 0 saturated carbocycles. The van der Waals surface area contributed by atoms with Crippen LogP contribution >= 0.6 is 35.7 Å². The van der Waals surface area contributed by atoms with Gasteiger partial charge in [-0.3, -0.25) is 9.59 Å². The van der Waals surface area contributed by atoms with Gasteiger partial charge < -0.3 is 4.84 Å². The van der Waals surface area contributed by atoms with Crippen LogP contribution < -0.4 is 0 Å². The van der Waals surface area contributed by atoms with Crippen molar-refractivity contribution < 1.29 is 19.2 Å². The molecule has 1 rings (SSSR count). The van der Waals surface area contributed by atoms with E-state index < -0.39 is 22.5 Å². The Morgan fingerprint density at radius 3 is 2.12 bits per heavy atom. The first-order valence-corrected chi connectivity index (χ1v) is 13.9. The zero-order valence-corrected chi connectivity index (χ0v) is 21.8. The van der Waals surface area contributed by atoms with Crippen molar-refractivity contribution >= 4 is 57.1 Å². The molecule has 180 valence electrons. The Hall–Kier alpha value is -1.11. The Labute approximate surface area is 206 Å². The van der Waals surface area contributed by atoms with Gasteiger partial charge in [-0.2, -0.15) is 5.26 Å². The number of thiocarbonyl (C=S) groups is 1. The molecule has 1 atom stereocenters. The van der Waals surface area contributed by atoms with Crippen molar-refractivity contribution in [3.05, 3.63) is 0 Å². The molecule has 1 fully saturated rings. The fourth-order valence-electron chi connectivity index (χ4n) is 3.23. The summed E-state index contributed by atoms with van der Waals surface area (Å²) in [4.78, 5) is 39.9. The fraction of sp³-hybridized carbons (Fsp3) is 0.783. The largest absolute Gasteiger partial charge is 0.333 e. The lowest BCUT2D eigenvalue weighted by molar-refractivity contribution is -0.197. The summed E-state index contributed by atoms with van der Waals surface area (Å²) in [6.45, 7) is 3.98. The van der Waals surface area contributed by atoms with Gasteiger partial charge in [-0.25, -0.2) is 4.79 Å². The third-order valence-electron chi connectivity index (χ3n) is 5.27. The maximum absolute atomic E-state index is 12.0. The second-order valence-electron chi connectivity index (χ2n) is 8.27. The van der Waals surface area contributed by atoms with Gasteiger partial charge in [-0.1, -0.05) is 88.7 Å². The Morgan fingerprint density at radius 1 is 1.06 bits per heavy atom. The van der Waals surface area contributed by atoms with Crippen molar-refractivity contribution in [1.82, 2.24) is 5.06 Å². The van der Waals surface area contributed by atoms with Crippen molar-refractivity contribution in [1.29, 1.82) is 5.26 Å². The number of carbonyl (C=O) groups is 3. The van der Waals surface area contributed by atoms with Gasteiger partial charge in [0.15, 0.2) is 0 Å². The van der Waals surface area contributed by atoms with Crippen molar-refractivity contribution in [2.45, 2.75) is 108 Å². The number of nitriles is 1. The number of imide groups is 1. The first kappa shape index (κ1) is 28.9. The van der Waals surface area contributed by atoms with Gasteiger partial charge in [-0.05, 0) is 25.5 Å². The van der Waals surface area contributed by atoms with E-state index in [4.69, 9.17) is 17.1 Å². The molecule has 1 unspecified atom stereocenters. The van der Waals surface area contributed by atoms with Gasteiger partial charge in [0, 0.05) is 12.8 Å². The van der Waals surface area contributed by atoms with Crippen LogP contribution in [0.4, 0.5) is 0 Å². The summed E-state index contributed by atoms with van der Waals surface area (Å²) in [5.41, 5.74) is 0. The average Bonchev–Trinajstić information content (AvgIpc) is 3.08. The van der Waals surface area contributed by atoms with Crippen LogP contribution in [-0.2, 0) is 19.2 Å². The van der Waals surface area contributed by atoms with E-state index >= 15 is 0 Å². The minimum Gasteiger partial charge on any atom is -0.330 e. The summed E-state index contributed by atoms with van der Waals surface area (Å²) in [6, 6.07) is 2.23. The summed E-state index contributed by atoms with van der Waals surface area (Å²) >= 11 is 8.30. The maximum atomic E-state index is 12.0. The van der Waals surface area contributed by atoms with Crippen LogP contribution in [0.3, 0.4) is 0 Å². The van der Waals surface area contributed by atoms with Crippen LogP contribution in [0.2, 0.25) is 0 Å². The van der Waals surface area contributed by atoms with Crippen molar-refractivity contribution in [3.8, 4) is 6.07 Å². The standard InChI is InChI=1S/C23H36N2O4S3/c1-3-4-5-6-7-8-9-10-11-12-17-31-22(30)32-23(2,18-24)16-15-21(28)29-25-19(26)13-14-20(25)27/h3-17H2,1-2H3. The first-order chi connectivity index (χ1) is 15.3. The summed E-state index contributed by atoms with van der Waals surface area (Å²) in [5, 5.41) is 10.1. The number of rotatable bonds is 16. The third-order valence-corrected chi connectivity index (χ3v) is 8.12. The Bertz CT molecular complexity index is 665. The minimum atomic E-state index is -0.861. The van der Waals surface area contributed by atoms with E-state index in [0.717, 1.165) is 12.2 Å². The molecule has 0 radical (unpaired) electrons. The normalized spacial score (nSPS) is 15.5. The van der Waals surface area contributed by atoms with Crippen LogP contribution in [0.5, 0.6) is 0 Å². The quantitative estimate of drug-likeness (QED) is 0.138. The molecule has 0 aromatic rings. The van der Waals surface area contributed by atoms with E-state index in [2.05, 4.69) is 13.0 Å². The molecule has 0 N–H and O–H groups in total. The van der Waals surface area contributed by atoms with Crippen LogP contribution in [-0.4, -0.2) is 36.9 Å². The number of hydrogen-bond donors (Lipinski definition) is 0. The lowest BCUT2D eigenvalue weighted by atomic mass is 10.1. The molecule has 0 aromatic carbocycles. The molecule has 1 aliphatic heterocycles. The second kappa shape index (κ2) is 16.5.